The van der Waals surface area contributed by atoms with E-state index in [2.05, 4.69) is 37.0 Å². The Morgan fingerprint density at radius 1 is 1.47 bits per heavy atom. The molecule has 1 aromatic carbocycles. The van der Waals surface area contributed by atoms with Gasteiger partial charge in [-0.05, 0) is 43.9 Å². The lowest BCUT2D eigenvalue weighted by molar-refractivity contribution is 0.299. The predicted octanol–water partition coefficient (Wildman–Crippen LogP) is 3.25. The summed E-state index contributed by atoms with van der Waals surface area (Å²) in [5.74, 6) is 0.761. The number of hydrogen-bond donors (Lipinski definition) is 1. The zero-order valence-corrected chi connectivity index (χ0v) is 10.8. The molecule has 2 rings (SSSR count). The van der Waals surface area contributed by atoms with Crippen molar-refractivity contribution in [2.75, 3.05) is 6.61 Å². The Balaban J connectivity index is 2.01. The lowest BCUT2D eigenvalue weighted by atomic mass is 10.0. The first-order valence-electron chi connectivity index (χ1n) is 6.35. The molecule has 92 valence electrons. The third-order valence-corrected chi connectivity index (χ3v) is 3.14. The molecule has 0 aromatic heterocycles. The quantitative estimate of drug-likeness (QED) is 0.759. The summed E-state index contributed by atoms with van der Waals surface area (Å²) in [5.41, 5.74) is 3.75. The van der Waals surface area contributed by atoms with Crippen LogP contribution in [0.5, 0.6) is 0 Å². The van der Waals surface area contributed by atoms with Crippen LogP contribution in [-0.2, 0) is 11.3 Å². The van der Waals surface area contributed by atoms with Crippen LogP contribution in [0.4, 0.5) is 0 Å². The number of ether oxygens (including phenoxy) is 1. The van der Waals surface area contributed by atoms with Gasteiger partial charge in [0.25, 0.3) is 0 Å². The van der Waals surface area contributed by atoms with E-state index in [-0.39, 0.29) is 0 Å². The van der Waals surface area contributed by atoms with E-state index >= 15 is 0 Å². The molecule has 2 heteroatoms. The summed E-state index contributed by atoms with van der Waals surface area (Å²) in [4.78, 5) is 0. The highest BCUT2D eigenvalue weighted by atomic mass is 16.5. The van der Waals surface area contributed by atoms with Gasteiger partial charge >= 0.3 is 0 Å². The van der Waals surface area contributed by atoms with Crippen LogP contribution in [0.2, 0.25) is 0 Å². The second-order valence-corrected chi connectivity index (χ2v) is 4.65. The lowest BCUT2D eigenvalue weighted by Gasteiger charge is -2.11. The van der Waals surface area contributed by atoms with E-state index < -0.39 is 0 Å². The van der Waals surface area contributed by atoms with Gasteiger partial charge in [-0.3, -0.25) is 0 Å². The highest BCUT2D eigenvalue weighted by molar-refractivity contribution is 5.58. The molecular formula is C15H21NO. The van der Waals surface area contributed by atoms with Crippen LogP contribution in [-0.4, -0.2) is 12.6 Å². The number of aryl methyl sites for hydroxylation is 1. The van der Waals surface area contributed by atoms with Gasteiger partial charge < -0.3 is 10.1 Å². The minimum Gasteiger partial charge on any atom is -0.494 e. The zero-order valence-electron chi connectivity index (χ0n) is 10.8. The normalized spacial score (nSPS) is 14.7. The van der Waals surface area contributed by atoms with Crippen molar-refractivity contribution in [1.29, 1.82) is 0 Å². The first-order chi connectivity index (χ1) is 8.20. The molecule has 0 saturated heterocycles. The summed E-state index contributed by atoms with van der Waals surface area (Å²) >= 11 is 0. The van der Waals surface area contributed by atoms with Crippen molar-refractivity contribution in [1.82, 2.24) is 5.32 Å². The third kappa shape index (κ3) is 3.34. The Kier molecular flexibility index (Phi) is 3.85. The molecule has 1 saturated carbocycles. The minimum atomic E-state index is 0.670. The Morgan fingerprint density at radius 3 is 2.82 bits per heavy atom. The standard InChI is InChI=1S/C15H21NO/c1-4-17-12(3)13-5-6-14(11(2)9-13)10-16-15-7-8-15/h5-6,9,15-16H,3-4,7-8,10H2,1-2H3. The molecular weight excluding hydrogens is 210 g/mol. The number of rotatable bonds is 6. The molecule has 1 N–H and O–H groups in total. The van der Waals surface area contributed by atoms with Crippen LogP contribution >= 0.6 is 0 Å². The molecule has 1 aromatic rings. The second kappa shape index (κ2) is 5.37. The fraction of sp³-hybridized carbons (Fsp3) is 0.467. The smallest absolute Gasteiger partial charge is 0.119 e. The fourth-order valence-corrected chi connectivity index (χ4v) is 1.87. The van der Waals surface area contributed by atoms with Crippen molar-refractivity contribution < 1.29 is 4.74 Å². The van der Waals surface area contributed by atoms with Crippen LogP contribution in [0.15, 0.2) is 24.8 Å². The van der Waals surface area contributed by atoms with E-state index in [1.165, 1.54) is 24.0 Å². The van der Waals surface area contributed by atoms with E-state index in [0.717, 1.165) is 23.9 Å². The summed E-state index contributed by atoms with van der Waals surface area (Å²) < 4.78 is 5.42. The molecule has 0 amide bonds. The molecule has 1 fully saturated rings. The van der Waals surface area contributed by atoms with Gasteiger partial charge in [0.05, 0.1) is 6.61 Å². The summed E-state index contributed by atoms with van der Waals surface area (Å²) in [6.45, 7) is 9.70. The van der Waals surface area contributed by atoms with Gasteiger partial charge in [-0.1, -0.05) is 18.7 Å². The molecule has 0 aliphatic heterocycles. The summed E-state index contributed by atoms with van der Waals surface area (Å²) in [5, 5.41) is 3.53. The summed E-state index contributed by atoms with van der Waals surface area (Å²) in [6.07, 6.45) is 2.66. The van der Waals surface area contributed by atoms with Gasteiger partial charge in [0.2, 0.25) is 0 Å². The van der Waals surface area contributed by atoms with Crippen LogP contribution in [0.3, 0.4) is 0 Å². The molecule has 1 aliphatic rings. The maximum Gasteiger partial charge on any atom is 0.119 e. The van der Waals surface area contributed by atoms with Gasteiger partial charge in [-0.2, -0.15) is 0 Å². The second-order valence-electron chi connectivity index (χ2n) is 4.65. The maximum atomic E-state index is 5.42. The van der Waals surface area contributed by atoms with Gasteiger partial charge in [0.15, 0.2) is 0 Å². The van der Waals surface area contributed by atoms with Crippen molar-refractivity contribution in [2.45, 2.75) is 39.3 Å². The summed E-state index contributed by atoms with van der Waals surface area (Å²) in [6, 6.07) is 7.17. The van der Waals surface area contributed by atoms with Crippen LogP contribution in [0.1, 0.15) is 36.5 Å². The molecule has 0 atom stereocenters. The molecule has 1 aliphatic carbocycles. The first kappa shape index (κ1) is 12.2. The van der Waals surface area contributed by atoms with Crippen molar-refractivity contribution in [2.24, 2.45) is 0 Å². The number of benzene rings is 1. The Hall–Kier alpha value is -1.28. The molecule has 0 radical (unpaired) electrons. The molecule has 2 nitrogen and oxygen atoms in total. The Morgan fingerprint density at radius 2 is 2.24 bits per heavy atom. The topological polar surface area (TPSA) is 21.3 Å². The number of nitrogens with one attached hydrogen (secondary N) is 1. The van der Waals surface area contributed by atoms with E-state index in [1.807, 2.05) is 6.92 Å². The minimum absolute atomic E-state index is 0.670. The highest BCUT2D eigenvalue weighted by Crippen LogP contribution is 2.21. The number of hydrogen-bond acceptors (Lipinski definition) is 2. The summed E-state index contributed by atoms with van der Waals surface area (Å²) in [7, 11) is 0. The van der Waals surface area contributed by atoms with E-state index in [9.17, 15) is 0 Å². The Labute approximate surface area is 104 Å². The van der Waals surface area contributed by atoms with Crippen LogP contribution < -0.4 is 5.32 Å². The molecule has 0 heterocycles. The van der Waals surface area contributed by atoms with Gasteiger partial charge in [-0.25, -0.2) is 0 Å². The van der Waals surface area contributed by atoms with Crippen molar-refractivity contribution in [3.8, 4) is 0 Å². The molecule has 0 spiro atoms. The predicted molar refractivity (Wildman–Crippen MR) is 71.7 cm³/mol. The van der Waals surface area contributed by atoms with Crippen molar-refractivity contribution in [3.63, 3.8) is 0 Å². The van der Waals surface area contributed by atoms with Gasteiger partial charge in [-0.15, -0.1) is 0 Å². The lowest BCUT2D eigenvalue weighted by Crippen LogP contribution is -2.16. The molecule has 0 unspecified atom stereocenters. The average Bonchev–Trinajstić information content (AvgIpc) is 3.11. The average molecular weight is 231 g/mol. The van der Waals surface area contributed by atoms with E-state index in [4.69, 9.17) is 4.74 Å². The monoisotopic (exact) mass is 231 g/mol. The maximum absolute atomic E-state index is 5.42. The van der Waals surface area contributed by atoms with Gasteiger partial charge in [0, 0.05) is 18.2 Å². The zero-order chi connectivity index (χ0) is 12.3. The van der Waals surface area contributed by atoms with Gasteiger partial charge in [0.1, 0.15) is 5.76 Å². The van der Waals surface area contributed by atoms with E-state index in [1.54, 1.807) is 0 Å². The van der Waals surface area contributed by atoms with E-state index in [0.29, 0.717) is 6.61 Å². The Bertz CT molecular complexity index is 407. The fourth-order valence-electron chi connectivity index (χ4n) is 1.87. The highest BCUT2D eigenvalue weighted by Gasteiger charge is 2.20. The SMILES string of the molecule is C=C(OCC)c1ccc(CNC2CC2)c(C)c1. The molecule has 17 heavy (non-hydrogen) atoms. The first-order valence-corrected chi connectivity index (χ1v) is 6.35. The largest absolute Gasteiger partial charge is 0.494 e. The van der Waals surface area contributed by atoms with Crippen LogP contribution in [0.25, 0.3) is 5.76 Å². The van der Waals surface area contributed by atoms with Crippen molar-refractivity contribution in [3.05, 3.63) is 41.5 Å². The third-order valence-electron chi connectivity index (χ3n) is 3.14. The van der Waals surface area contributed by atoms with Crippen molar-refractivity contribution >= 4 is 5.76 Å². The van der Waals surface area contributed by atoms with Crippen LogP contribution in [0, 0.1) is 6.92 Å². The molecule has 0 bridgehead atoms.